The van der Waals surface area contributed by atoms with Crippen LogP contribution in [0.4, 0.5) is 5.69 Å². The van der Waals surface area contributed by atoms with Gasteiger partial charge in [0, 0.05) is 20.6 Å². The molecule has 0 saturated heterocycles. The monoisotopic (exact) mass is 537 g/mol. The zero-order valence-corrected chi connectivity index (χ0v) is 20.9. The number of carboxylic acids is 1. The molecule has 2 aliphatic rings. The number of ether oxygens (including phenoxy) is 1. The topological polar surface area (TPSA) is 58.6 Å². The average Bonchev–Trinajstić information content (AvgIpc) is 3.10. The van der Waals surface area contributed by atoms with Crippen molar-refractivity contribution < 1.29 is 14.6 Å². The third-order valence-electron chi connectivity index (χ3n) is 7.10. The third-order valence-corrected chi connectivity index (χ3v) is 8.33. The molecule has 3 aromatic rings. The summed E-state index contributed by atoms with van der Waals surface area (Å²) in [6.07, 6.45) is 4.56. The number of allylic oxidation sites excluding steroid dienone is 1. The Labute approximate surface area is 212 Å². The molecule has 3 aromatic carbocycles. The van der Waals surface area contributed by atoms with Crippen molar-refractivity contribution >= 4 is 45.3 Å². The first-order valence-electron chi connectivity index (χ1n) is 11.4. The molecule has 0 aliphatic heterocycles. The van der Waals surface area contributed by atoms with Gasteiger partial charge in [-0.3, -0.25) is 0 Å². The Hall–Kier alpha value is -2.76. The van der Waals surface area contributed by atoms with E-state index in [1.807, 2.05) is 48.5 Å². The van der Waals surface area contributed by atoms with Crippen LogP contribution in [-0.2, 0) is 16.8 Å². The molecular formula is C28H25BrClNO3. The molecule has 1 spiro atoms. The largest absolute Gasteiger partial charge is 0.489 e. The van der Waals surface area contributed by atoms with Gasteiger partial charge in [-0.05, 0) is 78.8 Å². The predicted molar refractivity (Wildman–Crippen MR) is 140 cm³/mol. The van der Waals surface area contributed by atoms with Crippen LogP contribution in [0, 0.1) is 0 Å². The first-order chi connectivity index (χ1) is 16.4. The summed E-state index contributed by atoms with van der Waals surface area (Å²) in [5, 5.41) is 14.1. The van der Waals surface area contributed by atoms with Crippen molar-refractivity contribution in [2.75, 3.05) is 5.32 Å². The molecule has 0 bridgehead atoms. The van der Waals surface area contributed by atoms with Crippen LogP contribution in [0.15, 0.2) is 77.3 Å². The minimum absolute atomic E-state index is 0.240. The maximum atomic E-state index is 12.4. The van der Waals surface area contributed by atoms with E-state index in [1.54, 1.807) is 12.1 Å². The van der Waals surface area contributed by atoms with Crippen LogP contribution in [0.2, 0.25) is 5.02 Å². The van der Waals surface area contributed by atoms with E-state index in [0.29, 0.717) is 37.3 Å². The number of fused-ring (bicyclic) bond motifs is 2. The van der Waals surface area contributed by atoms with Crippen LogP contribution in [0.5, 0.6) is 5.75 Å². The standard InChI is InChI=1S/C28H25BrClNO3/c29-25-15-20-9-10-23(34-18-19-5-2-1-3-6-19)17-24(20)27(25)11-13-28(14-12-27,26(32)33)31-22-8-4-7-21(30)16-22/h1-10,15-17,31H,11-14,18H2,(H,32,33). The molecule has 0 aromatic heterocycles. The third kappa shape index (κ3) is 4.23. The van der Waals surface area contributed by atoms with Crippen molar-refractivity contribution in [2.45, 2.75) is 43.2 Å². The van der Waals surface area contributed by atoms with Crippen molar-refractivity contribution in [1.29, 1.82) is 0 Å². The SMILES string of the molecule is O=C(O)C1(Nc2cccc(Cl)c2)CCC2(CC1)C(Br)=Cc1ccc(OCc3ccccc3)cc12. The molecule has 0 heterocycles. The molecule has 6 heteroatoms. The number of hydrogen-bond acceptors (Lipinski definition) is 3. The number of halogens is 2. The smallest absolute Gasteiger partial charge is 0.329 e. The summed E-state index contributed by atoms with van der Waals surface area (Å²) in [6.45, 7) is 0.507. The predicted octanol–water partition coefficient (Wildman–Crippen LogP) is 7.42. The van der Waals surface area contributed by atoms with E-state index in [9.17, 15) is 9.90 Å². The number of hydrogen-bond donors (Lipinski definition) is 2. The highest BCUT2D eigenvalue weighted by Gasteiger charge is 2.51. The molecule has 5 rings (SSSR count). The maximum absolute atomic E-state index is 12.4. The Balaban J connectivity index is 1.38. The first kappa shape index (κ1) is 23.0. The van der Waals surface area contributed by atoms with Gasteiger partial charge in [0.2, 0.25) is 0 Å². The van der Waals surface area contributed by atoms with E-state index in [1.165, 1.54) is 5.56 Å². The molecule has 2 aliphatic carbocycles. The second-order valence-corrected chi connectivity index (χ2v) is 10.4. The summed E-state index contributed by atoms with van der Waals surface area (Å²) >= 11 is 9.95. The van der Waals surface area contributed by atoms with E-state index in [-0.39, 0.29) is 5.41 Å². The van der Waals surface area contributed by atoms with Gasteiger partial charge in [-0.2, -0.15) is 0 Å². The van der Waals surface area contributed by atoms with Gasteiger partial charge in [0.1, 0.15) is 17.9 Å². The molecule has 0 radical (unpaired) electrons. The van der Waals surface area contributed by atoms with Crippen LogP contribution in [0.25, 0.3) is 6.08 Å². The second kappa shape index (κ2) is 9.12. The van der Waals surface area contributed by atoms with Crippen LogP contribution in [-0.4, -0.2) is 16.6 Å². The van der Waals surface area contributed by atoms with Crippen molar-refractivity contribution in [3.05, 3.63) is 99.0 Å². The lowest BCUT2D eigenvalue weighted by molar-refractivity contribution is -0.143. The summed E-state index contributed by atoms with van der Waals surface area (Å²) in [5.41, 5.74) is 2.93. The fraction of sp³-hybridized carbons (Fsp3) is 0.250. The highest BCUT2D eigenvalue weighted by Crippen LogP contribution is 2.56. The zero-order valence-electron chi connectivity index (χ0n) is 18.6. The van der Waals surface area contributed by atoms with Crippen molar-refractivity contribution in [2.24, 2.45) is 0 Å². The highest BCUT2D eigenvalue weighted by molar-refractivity contribution is 9.11. The molecule has 0 amide bonds. The van der Waals surface area contributed by atoms with E-state index >= 15 is 0 Å². The lowest BCUT2D eigenvalue weighted by Crippen LogP contribution is -2.52. The van der Waals surface area contributed by atoms with Gasteiger partial charge in [-0.15, -0.1) is 0 Å². The van der Waals surface area contributed by atoms with Gasteiger partial charge in [-0.25, -0.2) is 4.79 Å². The van der Waals surface area contributed by atoms with Gasteiger partial charge < -0.3 is 15.2 Å². The van der Waals surface area contributed by atoms with Gasteiger partial charge in [-0.1, -0.05) is 70.0 Å². The van der Waals surface area contributed by atoms with Crippen molar-refractivity contribution in [3.8, 4) is 5.75 Å². The molecule has 0 unspecified atom stereocenters. The summed E-state index contributed by atoms with van der Waals surface area (Å²) in [6, 6.07) is 23.6. The normalized spacial score (nSPS) is 23.3. The van der Waals surface area contributed by atoms with E-state index in [0.717, 1.165) is 27.0 Å². The lowest BCUT2D eigenvalue weighted by Gasteiger charge is -2.44. The number of benzene rings is 3. The fourth-order valence-corrected chi connectivity index (χ4v) is 6.20. The number of anilines is 1. The Morgan fingerprint density at radius 3 is 2.47 bits per heavy atom. The zero-order chi connectivity index (χ0) is 23.8. The number of aliphatic carboxylic acids is 1. The van der Waals surface area contributed by atoms with Gasteiger partial charge >= 0.3 is 5.97 Å². The summed E-state index contributed by atoms with van der Waals surface area (Å²) in [4.78, 5) is 12.4. The second-order valence-electron chi connectivity index (χ2n) is 9.12. The molecule has 34 heavy (non-hydrogen) atoms. The molecule has 1 fully saturated rings. The van der Waals surface area contributed by atoms with Gasteiger partial charge in [0.25, 0.3) is 0 Å². The number of carboxylic acid groups (broad SMARTS) is 1. The number of rotatable bonds is 6. The van der Waals surface area contributed by atoms with Crippen LogP contribution < -0.4 is 10.1 Å². The van der Waals surface area contributed by atoms with Crippen LogP contribution in [0.3, 0.4) is 0 Å². The van der Waals surface area contributed by atoms with Crippen LogP contribution in [0.1, 0.15) is 42.4 Å². The van der Waals surface area contributed by atoms with E-state index < -0.39 is 11.5 Å². The average molecular weight is 539 g/mol. The molecule has 0 atom stereocenters. The molecule has 1 saturated carbocycles. The highest BCUT2D eigenvalue weighted by atomic mass is 79.9. The maximum Gasteiger partial charge on any atom is 0.329 e. The molecule has 174 valence electrons. The molecular weight excluding hydrogens is 514 g/mol. The summed E-state index contributed by atoms with van der Waals surface area (Å²) < 4.78 is 7.21. The fourth-order valence-electron chi connectivity index (χ4n) is 5.16. The van der Waals surface area contributed by atoms with Crippen molar-refractivity contribution in [3.63, 3.8) is 0 Å². The van der Waals surface area contributed by atoms with E-state index in [4.69, 9.17) is 16.3 Å². The Morgan fingerprint density at radius 2 is 1.76 bits per heavy atom. The van der Waals surface area contributed by atoms with Gasteiger partial charge in [0.15, 0.2) is 0 Å². The Kier molecular flexibility index (Phi) is 6.17. The molecule has 2 N–H and O–H groups in total. The Morgan fingerprint density at radius 1 is 1.00 bits per heavy atom. The first-order valence-corrected chi connectivity index (χ1v) is 12.5. The lowest BCUT2D eigenvalue weighted by atomic mass is 9.65. The number of carbonyl (C=O) groups is 1. The summed E-state index contributed by atoms with van der Waals surface area (Å²) in [7, 11) is 0. The van der Waals surface area contributed by atoms with Crippen molar-refractivity contribution in [1.82, 2.24) is 0 Å². The van der Waals surface area contributed by atoms with Gasteiger partial charge in [0.05, 0.1) is 0 Å². The molecule has 4 nitrogen and oxygen atoms in total. The number of nitrogens with one attached hydrogen (secondary N) is 1. The Bertz CT molecular complexity index is 1250. The minimum atomic E-state index is -1.03. The van der Waals surface area contributed by atoms with E-state index in [2.05, 4.69) is 39.5 Å². The quantitative estimate of drug-likeness (QED) is 0.343. The minimum Gasteiger partial charge on any atom is -0.489 e. The summed E-state index contributed by atoms with van der Waals surface area (Å²) in [5.74, 6) is -0.00899. The van der Waals surface area contributed by atoms with Crippen LogP contribution >= 0.6 is 27.5 Å².